The van der Waals surface area contributed by atoms with Gasteiger partial charge in [0.15, 0.2) is 5.11 Å². The van der Waals surface area contributed by atoms with Crippen LogP contribution in [0, 0.1) is 13.8 Å². The highest BCUT2D eigenvalue weighted by atomic mass is 32.1. The Morgan fingerprint density at radius 3 is 2.58 bits per heavy atom. The molecule has 1 aliphatic carbocycles. The highest BCUT2D eigenvalue weighted by Gasteiger charge is 2.16. The van der Waals surface area contributed by atoms with Crippen molar-refractivity contribution >= 4 is 29.2 Å². The zero-order valence-electron chi connectivity index (χ0n) is 14.6. The van der Waals surface area contributed by atoms with Gasteiger partial charge >= 0.3 is 0 Å². The maximum atomic E-state index is 5.31. The first-order valence-electron chi connectivity index (χ1n) is 8.27. The molecule has 2 rings (SSSR count). The van der Waals surface area contributed by atoms with Crippen molar-refractivity contribution in [2.24, 2.45) is 4.99 Å². The Labute approximate surface area is 148 Å². The molecule has 7 nitrogen and oxygen atoms in total. The van der Waals surface area contributed by atoms with E-state index in [0.717, 1.165) is 24.2 Å². The molecule has 0 aliphatic heterocycles. The van der Waals surface area contributed by atoms with Crippen LogP contribution >= 0.6 is 12.2 Å². The Morgan fingerprint density at radius 2 is 1.96 bits per heavy atom. The number of anilines is 1. The summed E-state index contributed by atoms with van der Waals surface area (Å²) in [5, 5.41) is 9.86. The zero-order valence-corrected chi connectivity index (χ0v) is 15.4. The number of aromatic nitrogens is 2. The number of thiocarbonyl (C=S) groups is 1. The lowest BCUT2D eigenvalue weighted by molar-refractivity contribution is 0.204. The number of nitrogens with one attached hydrogen (secondary N) is 3. The third-order valence-electron chi connectivity index (χ3n) is 3.67. The molecule has 24 heavy (non-hydrogen) atoms. The van der Waals surface area contributed by atoms with E-state index in [1.165, 1.54) is 12.8 Å². The Hall–Kier alpha value is -1.80. The second-order valence-electron chi connectivity index (χ2n) is 5.89. The van der Waals surface area contributed by atoms with Crippen molar-refractivity contribution in [3.8, 4) is 0 Å². The Bertz CT molecular complexity index is 566. The van der Waals surface area contributed by atoms with E-state index in [9.17, 15) is 0 Å². The second-order valence-corrected chi connectivity index (χ2v) is 6.30. The molecule has 0 unspecified atom stereocenters. The molecule has 1 aliphatic rings. The molecule has 8 heteroatoms. The van der Waals surface area contributed by atoms with Gasteiger partial charge in [0.1, 0.15) is 0 Å². The largest absolute Gasteiger partial charge is 0.383 e. The van der Waals surface area contributed by atoms with Crippen LogP contribution in [0.3, 0.4) is 0 Å². The van der Waals surface area contributed by atoms with Gasteiger partial charge in [-0.05, 0) is 45.0 Å². The van der Waals surface area contributed by atoms with Gasteiger partial charge in [0.05, 0.1) is 12.6 Å². The molecule has 0 radical (unpaired) electrons. The van der Waals surface area contributed by atoms with Gasteiger partial charge in [-0.15, -0.1) is 0 Å². The molecule has 1 fully saturated rings. The highest BCUT2D eigenvalue weighted by molar-refractivity contribution is 7.80. The van der Waals surface area contributed by atoms with E-state index in [0.29, 0.717) is 36.2 Å². The fourth-order valence-corrected chi connectivity index (χ4v) is 2.82. The summed E-state index contributed by atoms with van der Waals surface area (Å²) in [4.78, 5) is 13.6. The van der Waals surface area contributed by atoms with Gasteiger partial charge in [-0.3, -0.25) is 5.32 Å². The average Bonchev–Trinajstić information content (AvgIpc) is 2.99. The first-order chi connectivity index (χ1) is 11.6. The summed E-state index contributed by atoms with van der Waals surface area (Å²) in [5.74, 6) is 1.11. The predicted molar refractivity (Wildman–Crippen MR) is 100 cm³/mol. The van der Waals surface area contributed by atoms with E-state index in [4.69, 9.17) is 21.9 Å². The lowest BCUT2D eigenvalue weighted by Crippen LogP contribution is -2.44. The normalized spacial score (nSPS) is 15.4. The Kier molecular flexibility index (Phi) is 7.33. The molecule has 0 amide bonds. The molecule has 0 atom stereocenters. The number of guanidine groups is 1. The zero-order chi connectivity index (χ0) is 17.4. The minimum atomic E-state index is 0.313. The molecule has 0 aromatic carbocycles. The number of hydrogen-bond donors (Lipinski definition) is 3. The average molecular weight is 350 g/mol. The molecule has 0 spiro atoms. The Balaban J connectivity index is 2.05. The maximum Gasteiger partial charge on any atom is 0.229 e. The third kappa shape index (κ3) is 6.37. The van der Waals surface area contributed by atoms with Gasteiger partial charge in [-0.25, -0.2) is 15.0 Å². The van der Waals surface area contributed by atoms with Crippen LogP contribution in [0.2, 0.25) is 0 Å². The molecule has 3 N–H and O–H groups in total. The summed E-state index contributed by atoms with van der Waals surface area (Å²) in [7, 11) is 1.66. The first-order valence-corrected chi connectivity index (χ1v) is 8.68. The topological polar surface area (TPSA) is 83.5 Å². The van der Waals surface area contributed by atoms with Gasteiger partial charge < -0.3 is 15.4 Å². The van der Waals surface area contributed by atoms with Gasteiger partial charge in [0.25, 0.3) is 0 Å². The molecule has 0 saturated heterocycles. The minimum Gasteiger partial charge on any atom is -0.383 e. The molecule has 132 valence electrons. The van der Waals surface area contributed by atoms with E-state index < -0.39 is 0 Å². The van der Waals surface area contributed by atoms with Crippen molar-refractivity contribution in [2.75, 3.05) is 25.6 Å². The van der Waals surface area contributed by atoms with E-state index in [1.807, 2.05) is 19.9 Å². The standard InChI is InChI=1S/C16H26N6OS/c1-11-10-12(2)19-14(18-11)21-15(20-13-6-4-5-7-13)22-16(24)17-8-9-23-3/h10,13H,4-9H2,1-3H3,(H3,17,18,19,20,21,22,24). The van der Waals surface area contributed by atoms with Crippen molar-refractivity contribution in [1.29, 1.82) is 0 Å². The number of aryl methyl sites for hydroxylation is 2. The van der Waals surface area contributed by atoms with Crippen molar-refractivity contribution in [1.82, 2.24) is 20.6 Å². The fourth-order valence-electron chi connectivity index (χ4n) is 2.62. The smallest absolute Gasteiger partial charge is 0.229 e. The van der Waals surface area contributed by atoms with Gasteiger partial charge in [-0.2, -0.15) is 0 Å². The summed E-state index contributed by atoms with van der Waals surface area (Å²) >= 11 is 5.31. The molecule has 1 heterocycles. The van der Waals surface area contributed by atoms with E-state index in [1.54, 1.807) is 7.11 Å². The van der Waals surface area contributed by atoms with E-state index >= 15 is 0 Å². The molecule has 1 saturated carbocycles. The van der Waals surface area contributed by atoms with Crippen LogP contribution in [0.15, 0.2) is 11.1 Å². The number of hydrogen-bond acceptors (Lipinski definition) is 5. The van der Waals surface area contributed by atoms with Crippen LogP contribution in [0.5, 0.6) is 0 Å². The molecular formula is C16H26N6OS. The summed E-state index contributed by atoms with van der Waals surface area (Å²) in [6, 6.07) is 2.25. The predicted octanol–water partition coefficient (Wildman–Crippen LogP) is 1.91. The molecular weight excluding hydrogens is 324 g/mol. The van der Waals surface area contributed by atoms with Crippen molar-refractivity contribution in [3.05, 3.63) is 17.5 Å². The lowest BCUT2D eigenvalue weighted by atomic mass is 10.3. The number of ether oxygens (including phenoxy) is 1. The van der Waals surface area contributed by atoms with Gasteiger partial charge in [0.2, 0.25) is 11.9 Å². The fraction of sp³-hybridized carbons (Fsp3) is 0.625. The molecule has 0 bridgehead atoms. The van der Waals surface area contributed by atoms with Crippen LogP contribution in [-0.4, -0.2) is 47.3 Å². The van der Waals surface area contributed by atoms with E-state index in [2.05, 4.69) is 25.9 Å². The first kappa shape index (κ1) is 18.5. The van der Waals surface area contributed by atoms with E-state index in [-0.39, 0.29) is 0 Å². The van der Waals surface area contributed by atoms with Crippen molar-refractivity contribution in [2.45, 2.75) is 45.6 Å². The highest BCUT2D eigenvalue weighted by Crippen LogP contribution is 2.21. The summed E-state index contributed by atoms with van der Waals surface area (Å²) in [6.45, 7) is 5.11. The van der Waals surface area contributed by atoms with Crippen molar-refractivity contribution in [3.63, 3.8) is 0 Å². The SMILES string of the molecule is COCCNC(=S)NC(=NC1CCCC1)Nc1nc(C)cc(C)n1. The third-order valence-corrected chi connectivity index (χ3v) is 3.92. The monoisotopic (exact) mass is 350 g/mol. The van der Waals surface area contributed by atoms with Gasteiger partial charge in [-0.1, -0.05) is 12.8 Å². The van der Waals surface area contributed by atoms with Crippen molar-refractivity contribution < 1.29 is 4.74 Å². The quantitative estimate of drug-likeness (QED) is 0.324. The maximum absolute atomic E-state index is 5.31. The summed E-state index contributed by atoms with van der Waals surface area (Å²) in [6.07, 6.45) is 4.64. The van der Waals surface area contributed by atoms with Crippen LogP contribution in [0.25, 0.3) is 0 Å². The number of methoxy groups -OCH3 is 1. The van der Waals surface area contributed by atoms with Crippen LogP contribution < -0.4 is 16.0 Å². The Morgan fingerprint density at radius 1 is 1.29 bits per heavy atom. The number of nitrogens with zero attached hydrogens (tertiary/aromatic N) is 3. The van der Waals surface area contributed by atoms with Crippen LogP contribution in [0.1, 0.15) is 37.1 Å². The summed E-state index contributed by atoms with van der Waals surface area (Å²) in [5.41, 5.74) is 1.82. The minimum absolute atomic E-state index is 0.313. The molecule has 1 aromatic rings. The number of rotatable bonds is 5. The lowest BCUT2D eigenvalue weighted by Gasteiger charge is -2.15. The molecule has 1 aromatic heterocycles. The second kappa shape index (κ2) is 9.48. The van der Waals surface area contributed by atoms with Crippen LogP contribution in [-0.2, 0) is 4.74 Å². The number of aliphatic imine (C=N–C) groups is 1. The summed E-state index contributed by atoms with van der Waals surface area (Å²) < 4.78 is 5.01. The van der Waals surface area contributed by atoms with Gasteiger partial charge in [0, 0.05) is 25.0 Å². The van der Waals surface area contributed by atoms with Crippen LogP contribution in [0.4, 0.5) is 5.95 Å².